The lowest BCUT2D eigenvalue weighted by Crippen LogP contribution is -2.15. The minimum absolute atomic E-state index is 0.0284. The number of benzene rings is 6. The second-order valence-electron chi connectivity index (χ2n) is 10.5. The second kappa shape index (κ2) is 9.56. The van der Waals surface area contributed by atoms with Crippen LogP contribution in [-0.4, -0.2) is 0 Å². The molecule has 6 aromatic carbocycles. The number of rotatable bonds is 2. The van der Waals surface area contributed by atoms with Gasteiger partial charge in [0.1, 0.15) is 11.2 Å². The number of nitrogens with zero attached hydrogens (tertiary/aromatic N) is 2. The van der Waals surface area contributed by atoms with Crippen LogP contribution in [0.4, 0.5) is 34.1 Å². The molecule has 0 N–H and O–H groups in total. The monoisotopic (exact) mass is 590 g/mol. The fraction of sp³-hybridized carbons (Fsp3) is 0. The van der Waals surface area contributed by atoms with Crippen molar-refractivity contribution < 1.29 is 4.42 Å². The minimum Gasteiger partial charge on any atom is -0.456 e. The normalized spacial score (nSPS) is 13.4. The summed E-state index contributed by atoms with van der Waals surface area (Å²) in [5.74, 6) is 0. The van der Waals surface area contributed by atoms with Gasteiger partial charge in [0, 0.05) is 43.1 Å². The van der Waals surface area contributed by atoms with Gasteiger partial charge in [0.2, 0.25) is 5.43 Å². The average Bonchev–Trinajstić information content (AvgIpc) is 3.05. The highest BCUT2D eigenvalue weighted by Crippen LogP contribution is 2.53. The largest absolute Gasteiger partial charge is 0.456 e. The van der Waals surface area contributed by atoms with E-state index in [4.69, 9.17) is 4.42 Å². The second-order valence-corrected chi connectivity index (χ2v) is 12.7. The van der Waals surface area contributed by atoms with Gasteiger partial charge in [0.15, 0.2) is 0 Å². The molecule has 204 valence electrons. The summed E-state index contributed by atoms with van der Waals surface area (Å²) in [7, 11) is 0. The summed E-state index contributed by atoms with van der Waals surface area (Å²) in [5.41, 5.74) is 7.43. The highest BCUT2D eigenvalue weighted by molar-refractivity contribution is 8.00. The van der Waals surface area contributed by atoms with E-state index in [1.807, 2.05) is 36.4 Å². The Balaban J connectivity index is 1.22. The average molecular weight is 591 g/mol. The molecule has 0 saturated heterocycles. The van der Waals surface area contributed by atoms with Crippen molar-refractivity contribution in [2.24, 2.45) is 0 Å². The van der Waals surface area contributed by atoms with E-state index in [0.717, 1.165) is 34.1 Å². The zero-order chi connectivity index (χ0) is 28.5. The third kappa shape index (κ3) is 3.84. The van der Waals surface area contributed by atoms with Gasteiger partial charge in [-0.25, -0.2) is 0 Å². The molecule has 0 spiro atoms. The molecule has 0 atom stereocenters. The Morgan fingerprint density at radius 3 is 1.16 bits per heavy atom. The summed E-state index contributed by atoms with van der Waals surface area (Å²) in [6.45, 7) is 0. The number of hydrogen-bond donors (Lipinski definition) is 0. The lowest BCUT2D eigenvalue weighted by molar-refractivity contribution is 0.660. The van der Waals surface area contributed by atoms with Crippen LogP contribution in [0.25, 0.3) is 21.9 Å². The molecule has 1 aromatic heterocycles. The molecule has 43 heavy (non-hydrogen) atoms. The Morgan fingerprint density at radius 2 is 0.791 bits per heavy atom. The predicted octanol–water partition coefficient (Wildman–Crippen LogP) is 10.8. The molecule has 0 bridgehead atoms. The van der Waals surface area contributed by atoms with Crippen LogP contribution in [-0.2, 0) is 0 Å². The Kier molecular flexibility index (Phi) is 5.48. The fourth-order valence-corrected chi connectivity index (χ4v) is 8.19. The van der Waals surface area contributed by atoms with Gasteiger partial charge >= 0.3 is 0 Å². The van der Waals surface area contributed by atoms with Gasteiger partial charge < -0.3 is 14.2 Å². The molecular weight excluding hydrogens is 569 g/mol. The molecule has 4 nitrogen and oxygen atoms in total. The summed E-state index contributed by atoms with van der Waals surface area (Å²) in [5, 5.41) is 1.14. The van der Waals surface area contributed by atoms with Crippen LogP contribution in [0.2, 0.25) is 0 Å². The van der Waals surface area contributed by atoms with Gasteiger partial charge in [-0.1, -0.05) is 72.1 Å². The van der Waals surface area contributed by atoms with Crippen molar-refractivity contribution in [2.45, 2.75) is 19.6 Å². The Hall–Kier alpha value is -4.91. The van der Waals surface area contributed by atoms with E-state index in [-0.39, 0.29) is 5.43 Å². The van der Waals surface area contributed by atoms with Gasteiger partial charge in [0.05, 0.1) is 33.5 Å². The first-order chi connectivity index (χ1) is 21.2. The van der Waals surface area contributed by atoms with Crippen LogP contribution in [0.3, 0.4) is 0 Å². The molecule has 3 heterocycles. The summed E-state index contributed by atoms with van der Waals surface area (Å²) in [4.78, 5) is 23.0. The topological polar surface area (TPSA) is 36.7 Å². The molecule has 2 aliphatic rings. The standard InChI is InChI=1S/C37H22N2O2S2/c40-37-25-19-17-23(38-27-9-1-5-13-33(27)42-34-14-6-2-10-28(34)38)21-31(25)41-32-22-24(18-20-26(32)37)39-29-11-3-7-15-35(29)43-36-16-8-4-12-30(36)39/h1-22H. The quantitative estimate of drug-likeness (QED) is 0.186. The molecule has 0 aliphatic carbocycles. The van der Waals surface area contributed by atoms with Crippen molar-refractivity contribution in [1.29, 1.82) is 0 Å². The Labute approximate surface area is 256 Å². The van der Waals surface area contributed by atoms with Crippen LogP contribution in [0.1, 0.15) is 0 Å². The van der Waals surface area contributed by atoms with Crippen molar-refractivity contribution in [3.05, 3.63) is 144 Å². The smallest absolute Gasteiger partial charge is 0.200 e. The Morgan fingerprint density at radius 1 is 0.442 bits per heavy atom. The molecular formula is C37H22N2O2S2. The van der Waals surface area contributed by atoms with Crippen LogP contribution in [0.15, 0.2) is 162 Å². The first kappa shape index (κ1) is 24.7. The third-order valence-electron chi connectivity index (χ3n) is 8.02. The first-order valence-electron chi connectivity index (χ1n) is 14.1. The lowest BCUT2D eigenvalue weighted by Gasteiger charge is -2.33. The van der Waals surface area contributed by atoms with E-state index in [2.05, 4.69) is 107 Å². The van der Waals surface area contributed by atoms with Gasteiger partial charge in [-0.15, -0.1) is 0 Å². The minimum atomic E-state index is -0.0284. The fourth-order valence-electron chi connectivity index (χ4n) is 6.07. The number of fused-ring (bicyclic) bond motifs is 6. The summed E-state index contributed by atoms with van der Waals surface area (Å²) in [6.07, 6.45) is 0. The van der Waals surface area contributed by atoms with Crippen LogP contribution in [0, 0.1) is 0 Å². The maximum Gasteiger partial charge on any atom is 0.200 e. The maximum absolute atomic E-state index is 13.8. The van der Waals surface area contributed by atoms with Crippen molar-refractivity contribution in [3.63, 3.8) is 0 Å². The molecule has 0 radical (unpaired) electrons. The highest BCUT2D eigenvalue weighted by Gasteiger charge is 2.26. The zero-order valence-electron chi connectivity index (χ0n) is 22.7. The highest BCUT2D eigenvalue weighted by atomic mass is 32.2. The summed E-state index contributed by atoms with van der Waals surface area (Å²) >= 11 is 3.55. The van der Waals surface area contributed by atoms with E-state index < -0.39 is 0 Å². The number of para-hydroxylation sites is 4. The SMILES string of the molecule is O=c1c2ccc(N3c4ccccc4Sc4ccccc43)cc2oc2cc(N3c4ccccc4Sc4ccccc43)ccc12. The zero-order valence-corrected chi connectivity index (χ0v) is 24.4. The van der Waals surface area contributed by atoms with E-state index >= 15 is 0 Å². The molecule has 0 saturated carbocycles. The molecule has 0 fully saturated rings. The molecule has 0 unspecified atom stereocenters. The predicted molar refractivity (Wildman–Crippen MR) is 178 cm³/mol. The van der Waals surface area contributed by atoms with Crippen LogP contribution >= 0.6 is 23.5 Å². The van der Waals surface area contributed by atoms with Crippen molar-refractivity contribution >= 4 is 79.6 Å². The molecule has 7 aromatic rings. The summed E-state index contributed by atoms with van der Waals surface area (Å²) < 4.78 is 6.58. The molecule has 6 heteroatoms. The molecule has 2 aliphatic heterocycles. The van der Waals surface area contributed by atoms with E-state index in [0.29, 0.717) is 21.9 Å². The van der Waals surface area contributed by atoms with Gasteiger partial charge in [-0.3, -0.25) is 4.79 Å². The van der Waals surface area contributed by atoms with E-state index in [9.17, 15) is 4.79 Å². The van der Waals surface area contributed by atoms with Crippen LogP contribution < -0.4 is 15.2 Å². The molecule has 0 amide bonds. The first-order valence-corrected chi connectivity index (χ1v) is 15.7. The third-order valence-corrected chi connectivity index (χ3v) is 10.3. The molecule has 9 rings (SSSR count). The Bertz CT molecular complexity index is 2060. The van der Waals surface area contributed by atoms with Gasteiger partial charge in [0.25, 0.3) is 0 Å². The van der Waals surface area contributed by atoms with Crippen molar-refractivity contribution in [1.82, 2.24) is 0 Å². The van der Waals surface area contributed by atoms with E-state index in [1.54, 1.807) is 23.5 Å². The van der Waals surface area contributed by atoms with E-state index in [1.165, 1.54) is 19.6 Å². The number of hydrogen-bond acceptors (Lipinski definition) is 6. The number of anilines is 6. The van der Waals surface area contributed by atoms with Gasteiger partial charge in [-0.05, 0) is 72.8 Å². The summed E-state index contributed by atoms with van der Waals surface area (Å²) in [6, 6.07) is 45.5. The van der Waals surface area contributed by atoms with Gasteiger partial charge in [-0.2, -0.15) is 0 Å². The van der Waals surface area contributed by atoms with Crippen LogP contribution in [0.5, 0.6) is 0 Å². The lowest BCUT2D eigenvalue weighted by atomic mass is 10.1. The van der Waals surface area contributed by atoms with Crippen molar-refractivity contribution in [2.75, 3.05) is 9.80 Å². The maximum atomic E-state index is 13.8. The van der Waals surface area contributed by atoms with Crippen molar-refractivity contribution in [3.8, 4) is 0 Å².